The Hall–Kier alpha value is -1.48. The Morgan fingerprint density at radius 1 is 1.15 bits per heavy atom. The van der Waals surface area contributed by atoms with Crippen LogP contribution in [-0.4, -0.2) is 18.1 Å². The first-order chi connectivity index (χ1) is 9.76. The van der Waals surface area contributed by atoms with E-state index in [4.69, 9.17) is 0 Å². The van der Waals surface area contributed by atoms with E-state index in [0.717, 1.165) is 24.0 Å². The van der Waals surface area contributed by atoms with Gasteiger partial charge in [0.2, 0.25) is 0 Å². The molecule has 1 saturated heterocycles. The average molecular weight is 270 g/mol. The summed E-state index contributed by atoms with van der Waals surface area (Å²) in [6.45, 7) is 2.30. The van der Waals surface area contributed by atoms with Crippen molar-refractivity contribution < 1.29 is 4.39 Å². The van der Waals surface area contributed by atoms with Crippen molar-refractivity contribution in [2.75, 3.05) is 13.1 Å². The number of benzene rings is 1. The van der Waals surface area contributed by atoms with Crippen molar-refractivity contribution in [2.24, 2.45) is 5.41 Å². The Bertz CT molecular complexity index is 638. The summed E-state index contributed by atoms with van der Waals surface area (Å²) >= 11 is 0. The lowest BCUT2D eigenvalue weighted by Gasteiger charge is -2.51. The number of pyridine rings is 1. The van der Waals surface area contributed by atoms with Gasteiger partial charge in [-0.15, -0.1) is 0 Å². The van der Waals surface area contributed by atoms with Gasteiger partial charge in [0.05, 0.1) is 5.52 Å². The fourth-order valence-corrected chi connectivity index (χ4v) is 4.07. The molecule has 1 aromatic heterocycles. The van der Waals surface area contributed by atoms with Gasteiger partial charge in [0.25, 0.3) is 0 Å². The molecular weight excluding hydrogens is 251 g/mol. The Kier molecular flexibility index (Phi) is 2.77. The van der Waals surface area contributed by atoms with Crippen LogP contribution in [0.15, 0.2) is 30.5 Å². The normalized spacial score (nSPS) is 22.1. The van der Waals surface area contributed by atoms with E-state index in [2.05, 4.69) is 16.4 Å². The predicted molar refractivity (Wildman–Crippen MR) is 78.2 cm³/mol. The zero-order valence-corrected chi connectivity index (χ0v) is 11.5. The fraction of sp³-hybridized carbons (Fsp3) is 0.471. The number of fused-ring (bicyclic) bond motifs is 1. The van der Waals surface area contributed by atoms with Crippen LogP contribution in [0, 0.1) is 11.2 Å². The molecular formula is C17H19FN2. The van der Waals surface area contributed by atoms with E-state index in [1.165, 1.54) is 37.3 Å². The van der Waals surface area contributed by atoms with Crippen molar-refractivity contribution in [3.8, 4) is 0 Å². The van der Waals surface area contributed by atoms with Crippen LogP contribution in [0.4, 0.5) is 4.39 Å². The Balaban J connectivity index is 1.65. The minimum absolute atomic E-state index is 0.164. The van der Waals surface area contributed by atoms with Gasteiger partial charge < -0.3 is 5.32 Å². The highest BCUT2D eigenvalue weighted by atomic mass is 19.1. The molecule has 2 heterocycles. The monoisotopic (exact) mass is 270 g/mol. The topological polar surface area (TPSA) is 24.9 Å². The van der Waals surface area contributed by atoms with Crippen LogP contribution in [0.3, 0.4) is 0 Å². The molecule has 1 aliphatic carbocycles. The van der Waals surface area contributed by atoms with Gasteiger partial charge in [-0.05, 0) is 79.9 Å². The van der Waals surface area contributed by atoms with E-state index >= 15 is 0 Å². The second-order valence-corrected chi connectivity index (χ2v) is 6.42. The highest BCUT2D eigenvalue weighted by Crippen LogP contribution is 2.56. The summed E-state index contributed by atoms with van der Waals surface area (Å²) in [7, 11) is 0. The van der Waals surface area contributed by atoms with E-state index in [-0.39, 0.29) is 5.82 Å². The van der Waals surface area contributed by atoms with E-state index in [0.29, 0.717) is 11.3 Å². The van der Waals surface area contributed by atoms with Crippen molar-refractivity contribution in [1.82, 2.24) is 10.3 Å². The van der Waals surface area contributed by atoms with Crippen molar-refractivity contribution in [3.05, 3.63) is 41.8 Å². The summed E-state index contributed by atoms with van der Waals surface area (Å²) in [6, 6.07) is 7.01. The van der Waals surface area contributed by atoms with E-state index in [1.807, 2.05) is 6.20 Å². The Labute approximate surface area is 118 Å². The molecule has 2 nitrogen and oxygen atoms in total. The molecule has 20 heavy (non-hydrogen) atoms. The largest absolute Gasteiger partial charge is 0.317 e. The Morgan fingerprint density at radius 3 is 2.75 bits per heavy atom. The van der Waals surface area contributed by atoms with Gasteiger partial charge in [-0.25, -0.2) is 4.39 Å². The van der Waals surface area contributed by atoms with Crippen LogP contribution >= 0.6 is 0 Å². The van der Waals surface area contributed by atoms with Gasteiger partial charge in [0, 0.05) is 11.6 Å². The summed E-state index contributed by atoms with van der Waals surface area (Å²) < 4.78 is 13.5. The lowest BCUT2D eigenvalue weighted by molar-refractivity contribution is 0.0609. The summed E-state index contributed by atoms with van der Waals surface area (Å²) in [6.07, 6.45) is 6.96. The number of rotatable bonds is 1. The maximum Gasteiger partial charge on any atom is 0.123 e. The number of nitrogens with zero attached hydrogens (tertiary/aromatic N) is 1. The third-order valence-electron chi connectivity index (χ3n) is 5.20. The smallest absolute Gasteiger partial charge is 0.123 e. The van der Waals surface area contributed by atoms with Crippen LogP contribution in [0.5, 0.6) is 0 Å². The molecule has 0 bridgehead atoms. The molecule has 2 aliphatic rings. The molecule has 2 fully saturated rings. The van der Waals surface area contributed by atoms with Crippen LogP contribution in [-0.2, 0) is 0 Å². The van der Waals surface area contributed by atoms with Crippen molar-refractivity contribution in [1.29, 1.82) is 0 Å². The fourth-order valence-electron chi connectivity index (χ4n) is 4.07. The molecule has 0 amide bonds. The molecule has 0 radical (unpaired) electrons. The average Bonchev–Trinajstić information content (AvgIpc) is 2.45. The van der Waals surface area contributed by atoms with Crippen LogP contribution in [0.25, 0.3) is 10.9 Å². The lowest BCUT2D eigenvalue weighted by atomic mass is 9.56. The molecule has 1 saturated carbocycles. The molecule has 2 aromatic rings. The van der Waals surface area contributed by atoms with E-state index < -0.39 is 0 Å². The molecule has 0 atom stereocenters. The first kappa shape index (κ1) is 12.3. The summed E-state index contributed by atoms with van der Waals surface area (Å²) in [4.78, 5) is 4.35. The SMILES string of the molecule is Fc1ccc2nccc(C3CC4(CCNCC4)C3)c2c1. The predicted octanol–water partition coefficient (Wildman–Crippen LogP) is 3.62. The minimum atomic E-state index is -0.164. The first-order valence-electron chi connectivity index (χ1n) is 7.51. The molecule has 104 valence electrons. The number of hydrogen-bond donors (Lipinski definition) is 1. The molecule has 1 aromatic carbocycles. The molecule has 3 heteroatoms. The number of halogens is 1. The number of hydrogen-bond acceptors (Lipinski definition) is 2. The van der Waals surface area contributed by atoms with E-state index in [1.54, 1.807) is 12.1 Å². The highest BCUT2D eigenvalue weighted by molar-refractivity contribution is 5.82. The zero-order valence-electron chi connectivity index (χ0n) is 11.5. The molecule has 1 N–H and O–H groups in total. The minimum Gasteiger partial charge on any atom is -0.317 e. The maximum absolute atomic E-state index is 13.5. The highest BCUT2D eigenvalue weighted by Gasteiger charge is 2.45. The van der Waals surface area contributed by atoms with Crippen LogP contribution in [0.1, 0.15) is 37.2 Å². The lowest BCUT2D eigenvalue weighted by Crippen LogP contribution is -2.44. The van der Waals surface area contributed by atoms with Gasteiger partial charge in [0.15, 0.2) is 0 Å². The standard InChI is InChI=1S/C17H19FN2/c18-13-1-2-16-15(9-13)14(3-6-20-16)12-10-17(11-12)4-7-19-8-5-17/h1-3,6,9,12,19H,4-5,7-8,10-11H2. The zero-order chi connectivity index (χ0) is 13.6. The van der Waals surface area contributed by atoms with Crippen molar-refractivity contribution in [2.45, 2.75) is 31.6 Å². The second-order valence-electron chi connectivity index (χ2n) is 6.42. The number of piperidine rings is 1. The molecule has 4 rings (SSSR count). The summed E-state index contributed by atoms with van der Waals surface area (Å²) in [5.74, 6) is 0.419. The molecule has 1 spiro atoms. The maximum atomic E-state index is 13.5. The van der Waals surface area contributed by atoms with Gasteiger partial charge in [-0.1, -0.05) is 0 Å². The molecule has 1 aliphatic heterocycles. The quantitative estimate of drug-likeness (QED) is 0.856. The van der Waals surface area contributed by atoms with Gasteiger partial charge >= 0.3 is 0 Å². The third-order valence-corrected chi connectivity index (χ3v) is 5.20. The van der Waals surface area contributed by atoms with Crippen LogP contribution < -0.4 is 5.32 Å². The van der Waals surface area contributed by atoms with Gasteiger partial charge in [-0.2, -0.15) is 0 Å². The van der Waals surface area contributed by atoms with Crippen molar-refractivity contribution in [3.63, 3.8) is 0 Å². The van der Waals surface area contributed by atoms with E-state index in [9.17, 15) is 4.39 Å². The van der Waals surface area contributed by atoms with Gasteiger partial charge in [-0.3, -0.25) is 4.98 Å². The van der Waals surface area contributed by atoms with Crippen molar-refractivity contribution >= 4 is 10.9 Å². The second kappa shape index (κ2) is 4.52. The first-order valence-corrected chi connectivity index (χ1v) is 7.51. The summed E-state index contributed by atoms with van der Waals surface area (Å²) in [5, 5.41) is 4.44. The number of nitrogens with one attached hydrogen (secondary N) is 1. The van der Waals surface area contributed by atoms with Crippen LogP contribution in [0.2, 0.25) is 0 Å². The Morgan fingerprint density at radius 2 is 1.95 bits per heavy atom. The third kappa shape index (κ3) is 1.92. The summed E-state index contributed by atoms with van der Waals surface area (Å²) in [5.41, 5.74) is 2.76. The number of aromatic nitrogens is 1. The van der Waals surface area contributed by atoms with Gasteiger partial charge in [0.1, 0.15) is 5.82 Å². The molecule has 0 unspecified atom stereocenters.